The van der Waals surface area contributed by atoms with Crippen LogP contribution in [0.5, 0.6) is 5.75 Å². The van der Waals surface area contributed by atoms with Gasteiger partial charge in [0.05, 0.1) is 11.8 Å². The first kappa shape index (κ1) is 18.0. The van der Waals surface area contributed by atoms with E-state index in [0.717, 1.165) is 5.69 Å². The molecule has 3 rings (SSSR count). The van der Waals surface area contributed by atoms with Crippen molar-refractivity contribution in [3.8, 4) is 5.75 Å². The molecule has 2 fully saturated rings. The van der Waals surface area contributed by atoms with Crippen molar-refractivity contribution in [2.75, 3.05) is 37.7 Å². The van der Waals surface area contributed by atoms with Crippen LogP contribution in [-0.2, 0) is 9.53 Å². The normalized spacial score (nSPS) is 28.6. The second kappa shape index (κ2) is 6.50. The molecule has 25 heavy (non-hydrogen) atoms. The zero-order valence-electron chi connectivity index (χ0n) is 15.4. The van der Waals surface area contributed by atoms with E-state index < -0.39 is 5.54 Å². The summed E-state index contributed by atoms with van der Waals surface area (Å²) in [7, 11) is 0. The molecule has 0 radical (unpaired) electrons. The van der Waals surface area contributed by atoms with Crippen molar-refractivity contribution in [1.29, 1.82) is 0 Å². The van der Waals surface area contributed by atoms with Crippen LogP contribution in [0.1, 0.15) is 27.2 Å². The molecule has 1 heterocycles. The third-order valence-corrected chi connectivity index (χ3v) is 6.00. The minimum absolute atomic E-state index is 0.0189. The second-order valence-electron chi connectivity index (χ2n) is 7.61. The van der Waals surface area contributed by atoms with Gasteiger partial charge in [-0.2, -0.15) is 0 Å². The van der Waals surface area contributed by atoms with Gasteiger partial charge in [0.1, 0.15) is 11.3 Å². The van der Waals surface area contributed by atoms with Gasteiger partial charge in [0.2, 0.25) is 5.91 Å². The Labute approximate surface area is 149 Å². The van der Waals surface area contributed by atoms with Crippen LogP contribution in [0.15, 0.2) is 24.3 Å². The van der Waals surface area contributed by atoms with E-state index in [1.165, 1.54) is 0 Å². The van der Waals surface area contributed by atoms with E-state index in [9.17, 15) is 9.90 Å². The maximum absolute atomic E-state index is 13.1. The zero-order valence-corrected chi connectivity index (χ0v) is 15.4. The first-order valence-electron chi connectivity index (χ1n) is 9.04. The quantitative estimate of drug-likeness (QED) is 0.864. The predicted molar refractivity (Wildman–Crippen MR) is 97.6 cm³/mol. The number of rotatable bonds is 4. The highest BCUT2D eigenvalue weighted by Gasteiger charge is 2.63. The summed E-state index contributed by atoms with van der Waals surface area (Å²) in [6.07, 6.45) is 0.612. The number of nitrogens with two attached hydrogens (primary N) is 1. The number of aromatic hydroxyl groups is 1. The Kier molecular flexibility index (Phi) is 4.68. The van der Waals surface area contributed by atoms with E-state index in [1.54, 1.807) is 6.07 Å². The molecule has 1 aromatic carbocycles. The summed E-state index contributed by atoms with van der Waals surface area (Å²) in [6, 6.07) is 7.31. The number of phenols is 1. The average molecular weight is 347 g/mol. The average Bonchev–Trinajstić information content (AvgIpc) is 2.61. The van der Waals surface area contributed by atoms with Gasteiger partial charge in [-0.15, -0.1) is 0 Å². The van der Waals surface area contributed by atoms with Crippen LogP contribution in [0.2, 0.25) is 0 Å². The molecule has 1 aliphatic carbocycles. The Morgan fingerprint density at radius 3 is 2.48 bits per heavy atom. The molecule has 2 aliphatic rings. The lowest BCUT2D eigenvalue weighted by Gasteiger charge is -2.59. The Bertz CT molecular complexity index is 641. The van der Waals surface area contributed by atoms with Crippen molar-refractivity contribution >= 4 is 11.6 Å². The summed E-state index contributed by atoms with van der Waals surface area (Å²) in [5.74, 6) is 0.294. The van der Waals surface area contributed by atoms with E-state index >= 15 is 0 Å². The van der Waals surface area contributed by atoms with Gasteiger partial charge in [-0.3, -0.25) is 4.79 Å². The van der Waals surface area contributed by atoms with E-state index in [1.807, 2.05) is 43.9 Å². The molecule has 6 heteroatoms. The van der Waals surface area contributed by atoms with Gasteiger partial charge in [0.15, 0.2) is 0 Å². The molecule has 1 aliphatic heterocycles. The van der Waals surface area contributed by atoms with Crippen molar-refractivity contribution in [3.05, 3.63) is 24.3 Å². The lowest BCUT2D eigenvalue weighted by atomic mass is 9.54. The Morgan fingerprint density at radius 1 is 1.28 bits per heavy atom. The summed E-state index contributed by atoms with van der Waals surface area (Å²) in [6.45, 7) is 9.25. The highest BCUT2D eigenvalue weighted by molar-refractivity contribution is 5.89. The zero-order chi connectivity index (χ0) is 18.2. The minimum atomic E-state index is -0.857. The van der Waals surface area contributed by atoms with Gasteiger partial charge in [-0.1, -0.05) is 26.0 Å². The topological polar surface area (TPSA) is 79.0 Å². The Morgan fingerprint density at radius 2 is 1.92 bits per heavy atom. The number of carbonyl (C=O) groups is 1. The van der Waals surface area contributed by atoms with Crippen LogP contribution >= 0.6 is 0 Å². The Balaban J connectivity index is 1.64. The number of para-hydroxylation sites is 2. The summed E-state index contributed by atoms with van der Waals surface area (Å²) >= 11 is 0. The number of carbonyl (C=O) groups excluding carboxylic acids is 1. The molecule has 1 saturated carbocycles. The molecular formula is C19H29N3O3. The molecule has 1 amide bonds. The van der Waals surface area contributed by atoms with Crippen LogP contribution in [0.4, 0.5) is 5.69 Å². The third-order valence-electron chi connectivity index (χ3n) is 6.00. The van der Waals surface area contributed by atoms with Gasteiger partial charge in [-0.25, -0.2) is 0 Å². The van der Waals surface area contributed by atoms with Crippen molar-refractivity contribution < 1.29 is 14.6 Å². The van der Waals surface area contributed by atoms with Crippen molar-refractivity contribution in [1.82, 2.24) is 4.90 Å². The molecule has 0 aromatic heterocycles. The fourth-order valence-corrected chi connectivity index (χ4v) is 3.96. The maximum atomic E-state index is 13.1. The van der Waals surface area contributed by atoms with Crippen molar-refractivity contribution in [2.24, 2.45) is 11.1 Å². The van der Waals surface area contributed by atoms with E-state index in [0.29, 0.717) is 39.2 Å². The molecule has 0 bridgehead atoms. The number of nitrogens with zero attached hydrogens (tertiary/aromatic N) is 2. The fraction of sp³-hybridized carbons (Fsp3) is 0.632. The summed E-state index contributed by atoms with van der Waals surface area (Å²) in [4.78, 5) is 17.0. The third kappa shape index (κ3) is 2.87. The predicted octanol–water partition coefficient (Wildman–Crippen LogP) is 1.57. The van der Waals surface area contributed by atoms with Gasteiger partial charge in [-0.05, 0) is 19.1 Å². The molecule has 1 aromatic rings. The molecule has 2 unspecified atom stereocenters. The number of anilines is 1. The summed E-state index contributed by atoms with van der Waals surface area (Å²) < 4.78 is 5.73. The SMILES string of the molecule is CCOC1CC(N)(C(=O)N2CCN(c3ccccc3O)CC2)C1(C)C. The minimum Gasteiger partial charge on any atom is -0.506 e. The van der Waals surface area contributed by atoms with Gasteiger partial charge < -0.3 is 25.4 Å². The number of phenolic OH excluding ortho intramolecular Hbond substituents is 1. The maximum Gasteiger partial charge on any atom is 0.243 e. The molecular weight excluding hydrogens is 318 g/mol. The highest BCUT2D eigenvalue weighted by Crippen LogP contribution is 2.50. The molecule has 6 nitrogen and oxygen atoms in total. The van der Waals surface area contributed by atoms with E-state index in [4.69, 9.17) is 10.5 Å². The molecule has 1 saturated heterocycles. The van der Waals surface area contributed by atoms with Crippen LogP contribution < -0.4 is 10.6 Å². The van der Waals surface area contributed by atoms with E-state index in [2.05, 4.69) is 4.90 Å². The number of hydrogen-bond donors (Lipinski definition) is 2. The summed E-state index contributed by atoms with van der Waals surface area (Å²) in [5, 5.41) is 10.0. The number of hydrogen-bond acceptors (Lipinski definition) is 5. The monoisotopic (exact) mass is 347 g/mol. The highest BCUT2D eigenvalue weighted by atomic mass is 16.5. The first-order valence-corrected chi connectivity index (χ1v) is 9.04. The van der Waals surface area contributed by atoms with Gasteiger partial charge in [0.25, 0.3) is 0 Å². The molecule has 2 atom stereocenters. The largest absolute Gasteiger partial charge is 0.506 e. The molecule has 138 valence electrons. The van der Waals surface area contributed by atoms with Crippen LogP contribution in [0.25, 0.3) is 0 Å². The number of piperazine rings is 1. The van der Waals surface area contributed by atoms with Crippen LogP contribution in [-0.4, -0.2) is 60.3 Å². The van der Waals surface area contributed by atoms with Gasteiger partial charge >= 0.3 is 0 Å². The van der Waals surface area contributed by atoms with Crippen molar-refractivity contribution in [2.45, 2.75) is 38.8 Å². The Hall–Kier alpha value is -1.79. The smallest absolute Gasteiger partial charge is 0.243 e. The molecule has 3 N–H and O–H groups in total. The molecule has 0 spiro atoms. The number of amides is 1. The van der Waals surface area contributed by atoms with Crippen LogP contribution in [0, 0.1) is 5.41 Å². The fourth-order valence-electron chi connectivity index (χ4n) is 3.96. The lowest BCUT2D eigenvalue weighted by Crippen LogP contribution is -2.76. The lowest BCUT2D eigenvalue weighted by molar-refractivity contribution is -0.179. The summed E-state index contributed by atoms with van der Waals surface area (Å²) in [5.41, 5.74) is 6.11. The van der Waals surface area contributed by atoms with Crippen molar-refractivity contribution in [3.63, 3.8) is 0 Å². The number of ether oxygens (including phenoxy) is 1. The number of benzene rings is 1. The van der Waals surface area contributed by atoms with Crippen LogP contribution in [0.3, 0.4) is 0 Å². The second-order valence-corrected chi connectivity index (χ2v) is 7.61. The van der Waals surface area contributed by atoms with E-state index in [-0.39, 0.29) is 23.2 Å². The standard InChI is InChI=1S/C19H29N3O3/c1-4-25-16-13-19(20,18(16,2)3)17(24)22-11-9-21(10-12-22)14-7-5-6-8-15(14)23/h5-8,16,23H,4,9-13,20H2,1-3H3. The first-order chi connectivity index (χ1) is 11.8. The van der Waals surface area contributed by atoms with Gasteiger partial charge in [0, 0.05) is 44.6 Å².